The zero-order valence-corrected chi connectivity index (χ0v) is 10.0. The first-order valence-corrected chi connectivity index (χ1v) is 6.16. The summed E-state index contributed by atoms with van der Waals surface area (Å²) >= 11 is 0. The van der Waals surface area contributed by atoms with E-state index in [1.165, 1.54) is 4.80 Å². The largest absolute Gasteiger partial charge is 0.317 e. The number of aryl methyl sites for hydroxylation is 1. The molecule has 92 valence electrons. The van der Waals surface area contributed by atoms with E-state index in [1.807, 2.05) is 0 Å². The third-order valence-electron chi connectivity index (χ3n) is 4.06. The molecule has 2 fully saturated rings. The van der Waals surface area contributed by atoms with E-state index in [2.05, 4.69) is 20.7 Å². The number of nitrogens with one attached hydrogen (secondary N) is 1. The van der Waals surface area contributed by atoms with Gasteiger partial charge in [-0.15, -0.1) is 10.2 Å². The number of aromatic nitrogens is 4. The number of hydrogen-bond acceptors (Lipinski definition) is 5. The van der Waals surface area contributed by atoms with Gasteiger partial charge in [0.15, 0.2) is 5.82 Å². The van der Waals surface area contributed by atoms with E-state index in [0.717, 1.165) is 32.4 Å². The van der Waals surface area contributed by atoms with E-state index in [0.29, 0.717) is 23.4 Å². The van der Waals surface area contributed by atoms with E-state index >= 15 is 0 Å². The van der Waals surface area contributed by atoms with Crippen molar-refractivity contribution >= 4 is 5.78 Å². The maximum Gasteiger partial charge on any atom is 0.182 e. The molecule has 6 heteroatoms. The Bertz CT molecular complexity index is 435. The lowest BCUT2D eigenvalue weighted by molar-refractivity contribution is -0.120. The molecule has 6 nitrogen and oxygen atoms in total. The second kappa shape index (κ2) is 3.87. The Balaban J connectivity index is 1.61. The molecule has 1 aliphatic heterocycles. The van der Waals surface area contributed by atoms with Crippen molar-refractivity contribution in [3.8, 4) is 0 Å². The van der Waals surface area contributed by atoms with Gasteiger partial charge >= 0.3 is 0 Å². The highest BCUT2D eigenvalue weighted by Crippen LogP contribution is 2.59. The highest BCUT2D eigenvalue weighted by atomic mass is 16.1. The lowest BCUT2D eigenvalue weighted by Gasteiger charge is -2.22. The van der Waals surface area contributed by atoms with Crippen LogP contribution in [0.2, 0.25) is 0 Å². The SMILES string of the molecule is Cn1nnc(CC(=O)C2CC23CCNCC3)n1. The highest BCUT2D eigenvalue weighted by Gasteiger charge is 2.57. The molecule has 0 aromatic carbocycles. The lowest BCUT2D eigenvalue weighted by atomic mass is 9.90. The van der Waals surface area contributed by atoms with Gasteiger partial charge in [0.2, 0.25) is 0 Å². The fourth-order valence-electron chi connectivity index (χ4n) is 2.95. The van der Waals surface area contributed by atoms with Crippen molar-refractivity contribution in [1.82, 2.24) is 25.5 Å². The molecule has 0 radical (unpaired) electrons. The third-order valence-corrected chi connectivity index (χ3v) is 4.06. The van der Waals surface area contributed by atoms with Crippen LogP contribution < -0.4 is 5.32 Å². The normalized spacial score (nSPS) is 26.1. The maximum atomic E-state index is 12.1. The Kier molecular flexibility index (Phi) is 2.47. The number of piperidine rings is 1. The molecule has 1 saturated carbocycles. The molecule has 2 aliphatic rings. The van der Waals surface area contributed by atoms with Crippen molar-refractivity contribution in [3.63, 3.8) is 0 Å². The summed E-state index contributed by atoms with van der Waals surface area (Å²) in [4.78, 5) is 13.5. The fourth-order valence-corrected chi connectivity index (χ4v) is 2.95. The summed E-state index contributed by atoms with van der Waals surface area (Å²) in [6.45, 7) is 2.10. The van der Waals surface area contributed by atoms with Gasteiger partial charge in [0, 0.05) is 5.92 Å². The van der Waals surface area contributed by atoms with Gasteiger partial charge in [-0.2, -0.15) is 4.80 Å². The lowest BCUT2D eigenvalue weighted by Crippen LogP contribution is -2.31. The fraction of sp³-hybridized carbons (Fsp3) is 0.818. The summed E-state index contributed by atoms with van der Waals surface area (Å²) in [5.41, 5.74) is 0.310. The second-order valence-corrected chi connectivity index (χ2v) is 5.21. The predicted molar refractivity (Wildman–Crippen MR) is 60.2 cm³/mol. The van der Waals surface area contributed by atoms with E-state index in [-0.39, 0.29) is 5.92 Å². The predicted octanol–water partition coefficient (Wildman–Crippen LogP) is -0.289. The Hall–Kier alpha value is -1.30. The molecule has 1 unspecified atom stereocenters. The summed E-state index contributed by atoms with van der Waals surface area (Å²) in [5.74, 6) is 1.08. The molecule has 2 heterocycles. The molecule has 1 atom stereocenters. The highest BCUT2D eigenvalue weighted by molar-refractivity contribution is 5.86. The van der Waals surface area contributed by atoms with Crippen molar-refractivity contribution in [3.05, 3.63) is 5.82 Å². The van der Waals surface area contributed by atoms with Crippen molar-refractivity contribution in [2.75, 3.05) is 13.1 Å². The molecule has 1 spiro atoms. The number of carbonyl (C=O) groups excluding carboxylic acids is 1. The Morgan fingerprint density at radius 1 is 1.53 bits per heavy atom. The first-order chi connectivity index (χ1) is 8.20. The molecule has 3 rings (SSSR count). The summed E-state index contributed by atoms with van der Waals surface area (Å²) < 4.78 is 0. The monoisotopic (exact) mass is 235 g/mol. The molecule has 1 saturated heterocycles. The van der Waals surface area contributed by atoms with Crippen LogP contribution in [0.15, 0.2) is 0 Å². The quantitative estimate of drug-likeness (QED) is 0.779. The standard InChI is InChI=1S/C11H17N5O/c1-16-14-10(13-15-16)6-9(17)8-7-11(8)2-4-12-5-3-11/h8,12H,2-7H2,1H3. The molecule has 1 aliphatic carbocycles. The third kappa shape index (κ3) is 1.97. The van der Waals surface area contributed by atoms with Gasteiger partial charge in [-0.1, -0.05) is 0 Å². The smallest absolute Gasteiger partial charge is 0.182 e. The molecular weight excluding hydrogens is 218 g/mol. The molecule has 1 aromatic rings. The van der Waals surface area contributed by atoms with Crippen molar-refractivity contribution in [2.24, 2.45) is 18.4 Å². The van der Waals surface area contributed by atoms with Gasteiger partial charge in [-0.25, -0.2) is 0 Å². The minimum absolute atomic E-state index is 0.244. The van der Waals surface area contributed by atoms with Crippen molar-refractivity contribution in [2.45, 2.75) is 25.7 Å². The van der Waals surface area contributed by atoms with Crippen molar-refractivity contribution < 1.29 is 4.79 Å². The van der Waals surface area contributed by atoms with Crippen LogP contribution in [0.1, 0.15) is 25.1 Å². The maximum absolute atomic E-state index is 12.1. The van der Waals surface area contributed by atoms with E-state index in [1.54, 1.807) is 7.05 Å². The Morgan fingerprint density at radius 2 is 2.29 bits per heavy atom. The van der Waals surface area contributed by atoms with E-state index in [9.17, 15) is 4.79 Å². The first-order valence-electron chi connectivity index (χ1n) is 6.16. The van der Waals surface area contributed by atoms with Crippen LogP contribution in [-0.4, -0.2) is 39.1 Å². The molecule has 1 N–H and O–H groups in total. The van der Waals surface area contributed by atoms with E-state index < -0.39 is 0 Å². The molecule has 17 heavy (non-hydrogen) atoms. The van der Waals surface area contributed by atoms with Crippen LogP contribution in [0.25, 0.3) is 0 Å². The van der Waals surface area contributed by atoms with Gasteiger partial charge in [0.05, 0.1) is 13.5 Å². The van der Waals surface area contributed by atoms with Crippen LogP contribution in [0, 0.1) is 11.3 Å². The second-order valence-electron chi connectivity index (χ2n) is 5.21. The molecule has 0 bridgehead atoms. The topological polar surface area (TPSA) is 72.7 Å². The van der Waals surface area contributed by atoms with Crippen LogP contribution in [0.3, 0.4) is 0 Å². The van der Waals surface area contributed by atoms with Gasteiger partial charge < -0.3 is 5.32 Å². The molecule has 0 amide bonds. The van der Waals surface area contributed by atoms with Crippen molar-refractivity contribution in [1.29, 1.82) is 0 Å². The Morgan fingerprint density at radius 3 is 2.94 bits per heavy atom. The average Bonchev–Trinajstić information content (AvgIpc) is 2.85. The van der Waals surface area contributed by atoms with Gasteiger partial charge in [-0.05, 0) is 43.0 Å². The van der Waals surface area contributed by atoms with Crippen LogP contribution in [0.4, 0.5) is 0 Å². The van der Waals surface area contributed by atoms with Crippen LogP contribution in [-0.2, 0) is 18.3 Å². The summed E-state index contributed by atoms with van der Waals surface area (Å²) in [5, 5.41) is 15.0. The molecule has 1 aromatic heterocycles. The average molecular weight is 235 g/mol. The van der Waals surface area contributed by atoms with E-state index in [4.69, 9.17) is 0 Å². The van der Waals surface area contributed by atoms with Gasteiger partial charge in [-0.3, -0.25) is 4.79 Å². The van der Waals surface area contributed by atoms with Gasteiger partial charge in [0.25, 0.3) is 0 Å². The van der Waals surface area contributed by atoms with Gasteiger partial charge in [0.1, 0.15) is 5.78 Å². The number of Topliss-reactive ketones (excluding diaryl/α,β-unsaturated/α-hetero) is 1. The summed E-state index contributed by atoms with van der Waals surface area (Å²) in [7, 11) is 1.71. The summed E-state index contributed by atoms with van der Waals surface area (Å²) in [6.07, 6.45) is 3.68. The Labute approximate surface area is 99.8 Å². The zero-order chi connectivity index (χ0) is 11.9. The molecular formula is C11H17N5O. The first kappa shape index (κ1) is 10.8. The van der Waals surface area contributed by atoms with Crippen LogP contribution in [0.5, 0.6) is 0 Å². The van der Waals surface area contributed by atoms with Crippen LogP contribution >= 0.6 is 0 Å². The number of ketones is 1. The number of rotatable bonds is 3. The summed E-state index contributed by atoms with van der Waals surface area (Å²) in [6, 6.07) is 0. The minimum atomic E-state index is 0.244. The number of nitrogens with zero attached hydrogens (tertiary/aromatic N) is 4. The number of carbonyl (C=O) groups is 1. The zero-order valence-electron chi connectivity index (χ0n) is 10.0. The minimum Gasteiger partial charge on any atom is -0.317 e. The number of tetrazole rings is 1. The number of hydrogen-bond donors (Lipinski definition) is 1.